The van der Waals surface area contributed by atoms with Crippen molar-refractivity contribution in [3.05, 3.63) is 29.8 Å². The molecule has 158 valence electrons. The van der Waals surface area contributed by atoms with Crippen LogP contribution in [0.25, 0.3) is 0 Å². The second-order valence-electron chi connectivity index (χ2n) is 8.37. The largest absolute Gasteiger partial charge is 0.449 e. The van der Waals surface area contributed by atoms with Gasteiger partial charge < -0.3 is 4.74 Å². The molecule has 1 aromatic rings. The van der Waals surface area contributed by atoms with Gasteiger partial charge in [0, 0.05) is 0 Å². The van der Waals surface area contributed by atoms with Crippen LogP contribution in [0.5, 0.6) is 5.75 Å². The van der Waals surface area contributed by atoms with E-state index in [-0.39, 0.29) is 0 Å². The van der Waals surface area contributed by atoms with Gasteiger partial charge in [-0.1, -0.05) is 47.6 Å². The van der Waals surface area contributed by atoms with E-state index in [1.54, 1.807) is 0 Å². The van der Waals surface area contributed by atoms with E-state index in [1.165, 1.54) is 0 Å². The molecule has 0 spiro atoms. The van der Waals surface area contributed by atoms with Gasteiger partial charge in [0.1, 0.15) is 0 Å². The molecule has 0 N–H and O–H groups in total. The third kappa shape index (κ3) is 7.67. The molecule has 0 saturated heterocycles. The first kappa shape index (κ1) is 24.2. The van der Waals surface area contributed by atoms with Crippen LogP contribution < -0.4 is 4.74 Å². The van der Waals surface area contributed by atoms with Crippen LogP contribution in [0.1, 0.15) is 41.5 Å². The maximum Gasteiger partial charge on any atom is 0.449 e. The van der Waals surface area contributed by atoms with Crippen molar-refractivity contribution < 1.29 is 32.6 Å². The summed E-state index contributed by atoms with van der Waals surface area (Å²) in [5.74, 6) is -5.14. The Hall–Kier alpha value is -1.80. The smallest absolute Gasteiger partial charge is 0.412 e. The Bertz CT molecular complexity index is 630. The number of hydrogen-bond donors (Lipinski definition) is 0. The predicted molar refractivity (Wildman–Crippen MR) is 104 cm³/mol. The van der Waals surface area contributed by atoms with Crippen molar-refractivity contribution >= 4 is 20.3 Å². The normalized spacial score (nSPS) is 12.0. The predicted octanol–water partition coefficient (Wildman–Crippen LogP) is 5.26. The minimum Gasteiger partial charge on any atom is -0.412 e. The van der Waals surface area contributed by atoms with E-state index in [4.69, 9.17) is 9.46 Å². The van der Waals surface area contributed by atoms with Crippen LogP contribution in [0.4, 0.5) is 8.78 Å². The molecule has 0 fully saturated rings. The molecule has 8 heteroatoms. The number of ether oxygens (including phenoxy) is 1. The third-order valence-corrected chi connectivity index (χ3v) is 9.03. The zero-order valence-electron chi connectivity index (χ0n) is 17.4. The zero-order chi connectivity index (χ0) is 21.5. The zero-order valence-corrected chi connectivity index (χ0v) is 18.4. The van der Waals surface area contributed by atoms with Gasteiger partial charge in [0.05, 0.1) is 0 Å². The summed E-state index contributed by atoms with van der Waals surface area (Å²) in [5.41, 5.74) is 0. The molecule has 0 amide bonds. The maximum absolute atomic E-state index is 13.6. The molecule has 0 aliphatic carbocycles. The molecule has 1 aromatic carbocycles. The van der Waals surface area contributed by atoms with E-state index in [0.717, 1.165) is 36.3 Å². The van der Waals surface area contributed by atoms with Gasteiger partial charge in [0.2, 0.25) is 5.75 Å². The van der Waals surface area contributed by atoms with E-state index in [2.05, 4.69) is 46.3 Å². The van der Waals surface area contributed by atoms with Crippen LogP contribution in [0.2, 0.25) is 18.1 Å². The minimum absolute atomic E-state index is 0.322. The number of carbonyl (C=O) groups excluding carboxylic acids is 2. The van der Waals surface area contributed by atoms with E-state index < -0.39 is 37.6 Å². The molecule has 0 bridgehead atoms. The average molecular weight is 417 g/mol. The summed E-state index contributed by atoms with van der Waals surface area (Å²) in [6, 6.07) is 5.22. The summed E-state index contributed by atoms with van der Waals surface area (Å²) in [4.78, 5) is 28.8. The molecular formula is C20H30F2O5Si. The van der Waals surface area contributed by atoms with Crippen molar-refractivity contribution in [2.45, 2.75) is 59.7 Å². The van der Waals surface area contributed by atoms with Gasteiger partial charge in [-0.3, -0.25) is 4.89 Å². The van der Waals surface area contributed by atoms with Gasteiger partial charge >= 0.3 is 11.9 Å². The van der Waals surface area contributed by atoms with Crippen molar-refractivity contribution in [1.82, 2.24) is 0 Å². The molecule has 0 heterocycles. The van der Waals surface area contributed by atoms with E-state index >= 15 is 0 Å². The van der Waals surface area contributed by atoms with Crippen LogP contribution >= 0.6 is 0 Å². The number of halogens is 2. The summed E-state index contributed by atoms with van der Waals surface area (Å²) >= 11 is 0. The molecule has 1 rings (SSSR count). The van der Waals surface area contributed by atoms with Gasteiger partial charge in [0.25, 0.3) is 8.32 Å². The summed E-state index contributed by atoms with van der Waals surface area (Å²) < 4.78 is 37.3. The summed E-state index contributed by atoms with van der Waals surface area (Å²) in [6.07, 6.45) is 0. The molecule has 0 radical (unpaired) electrons. The number of benzene rings is 1. The van der Waals surface area contributed by atoms with Crippen molar-refractivity contribution in [1.29, 1.82) is 0 Å². The first-order valence-corrected chi connectivity index (χ1v) is 12.0. The highest BCUT2D eigenvalue weighted by atomic mass is 28.4. The van der Waals surface area contributed by atoms with Crippen molar-refractivity contribution in [3.63, 3.8) is 0 Å². The second-order valence-corrected chi connectivity index (χ2v) is 12.1. The first-order chi connectivity index (χ1) is 13.0. The Morgan fingerprint density at radius 2 is 1.29 bits per heavy atom. The van der Waals surface area contributed by atoms with Gasteiger partial charge in [0.15, 0.2) is 11.6 Å². The second kappa shape index (κ2) is 10.7. The van der Waals surface area contributed by atoms with E-state index in [0.29, 0.717) is 17.8 Å². The molecule has 0 aromatic heterocycles. The lowest BCUT2D eigenvalue weighted by atomic mass is 10.2. The highest BCUT2D eigenvalue weighted by molar-refractivity contribution is 6.73. The number of esters is 1. The quantitative estimate of drug-likeness (QED) is 0.137. The summed E-state index contributed by atoms with van der Waals surface area (Å²) in [6.45, 7) is 12.4. The SMILES string of the molecule is CC(C)C[Si](CC(C)C)(CC(C)C)OOC(=O)C(=O)Oc1c(F)cccc1F. The fourth-order valence-electron chi connectivity index (χ4n) is 3.46. The molecule has 0 aliphatic rings. The minimum atomic E-state index is -2.51. The Labute approximate surface area is 166 Å². The highest BCUT2D eigenvalue weighted by Crippen LogP contribution is 2.33. The lowest BCUT2D eigenvalue weighted by molar-refractivity contribution is -0.223. The number of para-hydroxylation sites is 1. The van der Waals surface area contributed by atoms with Crippen molar-refractivity contribution in [2.24, 2.45) is 17.8 Å². The Morgan fingerprint density at radius 3 is 1.68 bits per heavy atom. The van der Waals surface area contributed by atoms with Gasteiger partial charge in [-0.05, 0) is 48.0 Å². The highest BCUT2D eigenvalue weighted by Gasteiger charge is 2.41. The summed E-state index contributed by atoms with van der Waals surface area (Å²) in [5, 5.41) is 0. The lowest BCUT2D eigenvalue weighted by Gasteiger charge is -2.33. The van der Waals surface area contributed by atoms with Gasteiger partial charge in [-0.2, -0.15) is 0 Å². The molecule has 0 aliphatic heterocycles. The van der Waals surface area contributed by atoms with Crippen LogP contribution in [-0.2, 0) is 19.1 Å². The topological polar surface area (TPSA) is 61.8 Å². The summed E-state index contributed by atoms with van der Waals surface area (Å²) in [7, 11) is -2.51. The van der Waals surface area contributed by atoms with Gasteiger partial charge in [-0.25, -0.2) is 22.9 Å². The molecule has 0 saturated carbocycles. The number of rotatable bonds is 9. The number of hydrogen-bond acceptors (Lipinski definition) is 5. The molecule has 28 heavy (non-hydrogen) atoms. The molecular weight excluding hydrogens is 386 g/mol. The Kier molecular flexibility index (Phi) is 9.23. The fourth-order valence-corrected chi connectivity index (χ4v) is 8.88. The van der Waals surface area contributed by atoms with E-state index in [9.17, 15) is 18.4 Å². The molecule has 5 nitrogen and oxygen atoms in total. The van der Waals surface area contributed by atoms with E-state index in [1.807, 2.05) is 0 Å². The molecule has 0 unspecified atom stereocenters. The fraction of sp³-hybridized carbons (Fsp3) is 0.600. The van der Waals surface area contributed by atoms with Crippen LogP contribution in [-0.4, -0.2) is 20.3 Å². The van der Waals surface area contributed by atoms with Crippen LogP contribution in [0.3, 0.4) is 0 Å². The third-order valence-electron chi connectivity index (χ3n) is 3.92. The standard InChI is InChI=1S/C20H30F2O5Si/c1-13(2)10-28(11-14(3)4,12-15(5)6)27-26-20(24)19(23)25-18-16(21)8-7-9-17(18)22/h7-9,13-15H,10-12H2,1-6H3. The first-order valence-electron chi connectivity index (χ1n) is 9.51. The Morgan fingerprint density at radius 1 is 0.857 bits per heavy atom. The average Bonchev–Trinajstić information content (AvgIpc) is 2.54. The van der Waals surface area contributed by atoms with Crippen molar-refractivity contribution in [2.75, 3.05) is 0 Å². The van der Waals surface area contributed by atoms with Crippen LogP contribution in [0.15, 0.2) is 18.2 Å². The monoisotopic (exact) mass is 416 g/mol. The molecule has 0 atom stereocenters. The number of carbonyl (C=O) groups is 2. The maximum atomic E-state index is 13.6. The lowest BCUT2D eigenvalue weighted by Crippen LogP contribution is -2.43. The van der Waals surface area contributed by atoms with Crippen molar-refractivity contribution in [3.8, 4) is 5.75 Å². The Balaban J connectivity index is 2.89. The van der Waals surface area contributed by atoms with Crippen LogP contribution in [0, 0.1) is 29.4 Å². The van der Waals surface area contributed by atoms with Gasteiger partial charge in [-0.15, -0.1) is 0 Å².